The van der Waals surface area contributed by atoms with Gasteiger partial charge in [-0.15, -0.1) is 0 Å². The number of nitrogens with zero attached hydrogens (tertiary/aromatic N) is 1. The lowest BCUT2D eigenvalue weighted by molar-refractivity contribution is -0.0358. The molecule has 1 amide bonds. The summed E-state index contributed by atoms with van der Waals surface area (Å²) in [5.41, 5.74) is 2.65. The van der Waals surface area contributed by atoms with Gasteiger partial charge in [0.2, 0.25) is 0 Å². The van der Waals surface area contributed by atoms with E-state index in [1.807, 2.05) is 19.1 Å². The Kier molecular flexibility index (Phi) is 5.72. The van der Waals surface area contributed by atoms with E-state index in [4.69, 9.17) is 14.2 Å². The lowest BCUT2D eigenvalue weighted by Crippen LogP contribution is -2.54. The second-order valence-electron chi connectivity index (χ2n) is 9.31. The molecular formula is C26H32N2O4. The van der Waals surface area contributed by atoms with Crippen LogP contribution >= 0.6 is 0 Å². The van der Waals surface area contributed by atoms with Crippen LogP contribution in [0.1, 0.15) is 38.7 Å². The second kappa shape index (κ2) is 8.66. The third-order valence-electron chi connectivity index (χ3n) is 7.17. The van der Waals surface area contributed by atoms with Gasteiger partial charge in [0.1, 0.15) is 17.6 Å². The van der Waals surface area contributed by atoms with Crippen LogP contribution < -0.4 is 14.8 Å². The maximum atomic E-state index is 12.8. The van der Waals surface area contributed by atoms with Gasteiger partial charge in [0, 0.05) is 18.5 Å². The smallest absolute Gasteiger partial charge is 0.408 e. The zero-order valence-corrected chi connectivity index (χ0v) is 18.9. The van der Waals surface area contributed by atoms with Gasteiger partial charge in [0.25, 0.3) is 0 Å². The first-order valence-electron chi connectivity index (χ1n) is 11.8. The normalized spacial score (nSPS) is 28.4. The van der Waals surface area contributed by atoms with Gasteiger partial charge in [-0.1, -0.05) is 24.3 Å². The molecule has 6 nitrogen and oxygen atoms in total. The van der Waals surface area contributed by atoms with E-state index in [2.05, 4.69) is 47.5 Å². The van der Waals surface area contributed by atoms with E-state index in [1.165, 1.54) is 0 Å². The van der Waals surface area contributed by atoms with E-state index in [0.717, 1.165) is 60.7 Å². The number of hydrogen-bond donors (Lipinski definition) is 1. The molecule has 3 fully saturated rings. The van der Waals surface area contributed by atoms with Crippen molar-refractivity contribution in [3.05, 3.63) is 48.0 Å². The molecule has 2 aromatic carbocycles. The van der Waals surface area contributed by atoms with Crippen molar-refractivity contribution in [1.29, 1.82) is 0 Å². The van der Waals surface area contributed by atoms with Crippen molar-refractivity contribution >= 4 is 6.09 Å². The van der Waals surface area contributed by atoms with Gasteiger partial charge in [-0.25, -0.2) is 4.79 Å². The van der Waals surface area contributed by atoms with Gasteiger partial charge in [-0.3, -0.25) is 4.90 Å². The molecule has 0 saturated carbocycles. The van der Waals surface area contributed by atoms with Crippen molar-refractivity contribution in [2.45, 2.75) is 44.8 Å². The molecule has 6 rings (SSSR count). The van der Waals surface area contributed by atoms with Crippen molar-refractivity contribution in [2.24, 2.45) is 5.92 Å². The van der Waals surface area contributed by atoms with Crippen LogP contribution in [0.25, 0.3) is 11.1 Å². The van der Waals surface area contributed by atoms with Crippen LogP contribution in [0.5, 0.6) is 11.5 Å². The largest absolute Gasteiger partial charge is 0.494 e. The monoisotopic (exact) mass is 436 g/mol. The zero-order valence-electron chi connectivity index (χ0n) is 18.9. The lowest BCUT2D eigenvalue weighted by atomic mass is 9.85. The first kappa shape index (κ1) is 21.1. The second-order valence-corrected chi connectivity index (χ2v) is 9.31. The molecule has 4 aliphatic rings. The fourth-order valence-electron chi connectivity index (χ4n) is 5.25. The maximum absolute atomic E-state index is 12.8. The highest BCUT2D eigenvalue weighted by Crippen LogP contribution is 2.40. The zero-order chi connectivity index (χ0) is 22.1. The Hall–Kier alpha value is -2.73. The van der Waals surface area contributed by atoms with Crippen LogP contribution in [-0.4, -0.2) is 49.9 Å². The lowest BCUT2D eigenvalue weighted by Gasteiger charge is -2.44. The predicted octanol–water partition coefficient (Wildman–Crippen LogP) is 4.57. The molecule has 0 aliphatic carbocycles. The Labute approximate surface area is 189 Å². The Morgan fingerprint density at radius 1 is 1.16 bits per heavy atom. The molecule has 1 N–H and O–H groups in total. The highest BCUT2D eigenvalue weighted by atomic mass is 16.6. The quantitative estimate of drug-likeness (QED) is 0.744. The van der Waals surface area contributed by atoms with Crippen LogP contribution in [0.15, 0.2) is 42.5 Å². The van der Waals surface area contributed by atoms with E-state index in [-0.39, 0.29) is 12.2 Å². The van der Waals surface area contributed by atoms with Crippen LogP contribution in [0.3, 0.4) is 0 Å². The maximum Gasteiger partial charge on any atom is 0.408 e. The van der Waals surface area contributed by atoms with E-state index >= 15 is 0 Å². The van der Waals surface area contributed by atoms with E-state index in [9.17, 15) is 4.79 Å². The number of alkyl carbamates (subject to hydrolysis) is 1. The van der Waals surface area contributed by atoms with Gasteiger partial charge < -0.3 is 19.5 Å². The first-order chi connectivity index (χ1) is 15.5. The highest BCUT2D eigenvalue weighted by molar-refractivity contribution is 5.71. The van der Waals surface area contributed by atoms with Crippen LogP contribution in [0.4, 0.5) is 4.79 Å². The van der Waals surface area contributed by atoms with E-state index in [0.29, 0.717) is 25.6 Å². The number of ether oxygens (including phenoxy) is 3. The third kappa shape index (κ3) is 4.16. The molecule has 4 aliphatic heterocycles. The third-order valence-corrected chi connectivity index (χ3v) is 7.17. The number of carbonyl (C=O) groups is 1. The Balaban J connectivity index is 1.30. The number of nitrogens with one attached hydrogen (secondary N) is 1. The number of fused-ring (bicyclic) bond motifs is 4. The van der Waals surface area contributed by atoms with E-state index in [1.54, 1.807) is 0 Å². The first-order valence-corrected chi connectivity index (χ1v) is 11.8. The Morgan fingerprint density at radius 2 is 1.91 bits per heavy atom. The standard InChI is InChI=1S/C26H32N2O4/c1-3-30-21-7-4-18(5-8-21)20-6-9-22-23(16-20)31-15-12-26(22,2)27-25(29)32-24-17-28-13-10-19(24)11-14-28/h4-9,16,19,24H,3,10-15,17H2,1-2H3,(H,27,29)/t24-,26?/m0/s1. The molecule has 2 aromatic rings. The van der Waals surface area contributed by atoms with Crippen molar-refractivity contribution in [3.63, 3.8) is 0 Å². The summed E-state index contributed by atoms with van der Waals surface area (Å²) in [6.07, 6.45) is 2.63. The fourth-order valence-corrected chi connectivity index (χ4v) is 5.25. The molecule has 2 atom stereocenters. The summed E-state index contributed by atoms with van der Waals surface area (Å²) < 4.78 is 17.4. The average molecular weight is 437 g/mol. The number of benzene rings is 2. The van der Waals surface area contributed by atoms with Gasteiger partial charge >= 0.3 is 6.09 Å². The van der Waals surface area contributed by atoms with Crippen molar-refractivity contribution in [1.82, 2.24) is 10.2 Å². The van der Waals surface area contributed by atoms with Crippen molar-refractivity contribution in [2.75, 3.05) is 32.8 Å². The Morgan fingerprint density at radius 3 is 2.59 bits per heavy atom. The summed E-state index contributed by atoms with van der Waals surface area (Å²) in [6.45, 7) is 8.36. The minimum atomic E-state index is -0.518. The molecule has 1 unspecified atom stereocenters. The van der Waals surface area contributed by atoms with Crippen molar-refractivity contribution in [3.8, 4) is 22.6 Å². The minimum absolute atomic E-state index is 0.00227. The molecule has 32 heavy (non-hydrogen) atoms. The summed E-state index contributed by atoms with van der Waals surface area (Å²) >= 11 is 0. The molecular weight excluding hydrogens is 404 g/mol. The van der Waals surface area contributed by atoms with Gasteiger partial charge in [0.15, 0.2) is 0 Å². The van der Waals surface area contributed by atoms with Gasteiger partial charge in [-0.05, 0) is 75.0 Å². The van der Waals surface area contributed by atoms with Gasteiger partial charge in [-0.2, -0.15) is 0 Å². The van der Waals surface area contributed by atoms with Crippen LogP contribution in [-0.2, 0) is 10.3 Å². The summed E-state index contributed by atoms with van der Waals surface area (Å²) in [6, 6.07) is 14.3. The summed E-state index contributed by atoms with van der Waals surface area (Å²) in [7, 11) is 0. The SMILES string of the molecule is CCOc1ccc(-c2ccc3c(c2)OCCC3(C)NC(=O)O[C@H]2CN3CCC2CC3)cc1. The number of amides is 1. The highest BCUT2D eigenvalue weighted by Gasteiger charge is 2.39. The molecule has 170 valence electrons. The molecule has 2 bridgehead atoms. The molecule has 6 heteroatoms. The molecule has 0 radical (unpaired) electrons. The summed E-state index contributed by atoms with van der Waals surface area (Å²) in [5.74, 6) is 2.18. The topological polar surface area (TPSA) is 60.0 Å². The number of carbonyl (C=O) groups excluding carboxylic acids is 1. The molecule has 0 aromatic heterocycles. The minimum Gasteiger partial charge on any atom is -0.494 e. The number of hydrogen-bond acceptors (Lipinski definition) is 5. The van der Waals surface area contributed by atoms with Crippen molar-refractivity contribution < 1.29 is 19.0 Å². The number of piperidine rings is 3. The average Bonchev–Trinajstić information content (AvgIpc) is 2.80. The Bertz CT molecular complexity index is 968. The fraction of sp³-hybridized carbons (Fsp3) is 0.500. The molecule has 0 spiro atoms. The van der Waals surface area contributed by atoms with E-state index < -0.39 is 5.54 Å². The molecule has 3 saturated heterocycles. The predicted molar refractivity (Wildman–Crippen MR) is 123 cm³/mol. The van der Waals surface area contributed by atoms with Crippen LogP contribution in [0.2, 0.25) is 0 Å². The molecule has 4 heterocycles. The number of rotatable bonds is 5. The van der Waals surface area contributed by atoms with Gasteiger partial charge in [0.05, 0.1) is 18.8 Å². The summed E-state index contributed by atoms with van der Waals surface area (Å²) in [5, 5.41) is 3.16. The van der Waals surface area contributed by atoms with Crippen LogP contribution in [0, 0.1) is 5.92 Å². The summed E-state index contributed by atoms with van der Waals surface area (Å²) in [4.78, 5) is 15.2.